The molecule has 0 amide bonds. The first-order valence-electron chi connectivity index (χ1n) is 24.1. The van der Waals surface area contributed by atoms with Gasteiger partial charge in [-0.05, 0) is 32.4 Å². The summed E-state index contributed by atoms with van der Waals surface area (Å²) in [5.41, 5.74) is 0. The maximum absolute atomic E-state index is 11.8. The van der Waals surface area contributed by atoms with Crippen LogP contribution < -0.4 is 34.7 Å². The van der Waals surface area contributed by atoms with Crippen LogP contribution in [0.5, 0.6) is 0 Å². The Morgan fingerprint density at radius 2 is 0.519 bits per heavy atom. The number of carbonyl (C=O) groups is 1. The van der Waals surface area contributed by atoms with E-state index in [0.717, 1.165) is 25.9 Å². The minimum absolute atomic E-state index is 0. The van der Waals surface area contributed by atoms with Crippen LogP contribution in [0.1, 0.15) is 284 Å². The first-order chi connectivity index (χ1) is 25.2. The van der Waals surface area contributed by atoms with Crippen LogP contribution in [0.3, 0.4) is 0 Å². The molecule has 0 saturated heterocycles. The van der Waals surface area contributed by atoms with Crippen molar-refractivity contribution in [2.75, 3.05) is 13.1 Å². The van der Waals surface area contributed by atoms with Gasteiger partial charge in [-0.2, -0.15) is 0 Å². The van der Waals surface area contributed by atoms with Crippen LogP contribution in [-0.4, -0.2) is 30.0 Å². The van der Waals surface area contributed by atoms with Gasteiger partial charge in [0, 0.05) is 6.04 Å². The summed E-state index contributed by atoms with van der Waals surface area (Å²) in [6, 6.07) is -0.411. The average molecular weight is 742 g/mol. The molecule has 1 unspecified atom stereocenters. The van der Waals surface area contributed by atoms with Crippen LogP contribution in [0.4, 0.5) is 0 Å². The van der Waals surface area contributed by atoms with E-state index in [1.54, 1.807) is 0 Å². The van der Waals surface area contributed by atoms with Gasteiger partial charge in [-0.15, -0.1) is 0 Å². The number of nitrogens with zero attached hydrogens (tertiary/aromatic N) is 1. The van der Waals surface area contributed by atoms with E-state index < -0.39 is 12.0 Å². The van der Waals surface area contributed by atoms with E-state index in [9.17, 15) is 9.90 Å². The number of unbranched alkanes of at least 4 members (excludes halogenated alkanes) is 38. The van der Waals surface area contributed by atoms with Crippen molar-refractivity contribution in [2.24, 2.45) is 0 Å². The number of carboxylic acids is 1. The Bertz CT molecular complexity index is 614. The van der Waals surface area contributed by atoms with Gasteiger partial charge in [0.25, 0.3) is 0 Å². The summed E-state index contributed by atoms with van der Waals surface area (Å²) in [5.74, 6) is -0.876. The summed E-state index contributed by atoms with van der Waals surface area (Å²) < 4.78 is 0. The zero-order valence-electron chi connectivity index (χ0n) is 36.7. The van der Waals surface area contributed by atoms with E-state index in [0.29, 0.717) is 6.42 Å². The first kappa shape index (κ1) is 54.5. The zero-order valence-corrected chi connectivity index (χ0v) is 38.7. The molecule has 4 heteroatoms. The topological polar surface area (TPSA) is 43.4 Å². The third-order valence-electron chi connectivity index (χ3n) is 11.7. The smallest absolute Gasteiger partial charge is 0.548 e. The molecule has 0 fully saturated rings. The summed E-state index contributed by atoms with van der Waals surface area (Å²) in [6.45, 7) is 8.44. The average Bonchev–Trinajstić information content (AvgIpc) is 3.13. The van der Waals surface area contributed by atoms with Crippen molar-refractivity contribution in [1.29, 1.82) is 0 Å². The van der Waals surface area contributed by atoms with E-state index in [-0.39, 0.29) is 29.6 Å². The van der Waals surface area contributed by atoms with E-state index >= 15 is 0 Å². The van der Waals surface area contributed by atoms with E-state index in [4.69, 9.17) is 0 Å². The van der Waals surface area contributed by atoms with Gasteiger partial charge in [0.05, 0.1) is 5.97 Å². The van der Waals surface area contributed by atoms with Crippen molar-refractivity contribution in [3.8, 4) is 0 Å². The quantitative estimate of drug-likeness (QED) is 0.0461. The standard InChI is InChI=1S/C48H97NO2.Na/c1-4-7-9-11-13-15-17-19-21-23-25-27-29-31-33-35-37-39-41-43-45-49(47(6-3)48(50)51)46-44-42-40-38-36-34-32-30-28-26-24-22-20-18-16-14-12-10-8-5-2;/h47H,4-46H2,1-3H3,(H,50,51);/q;+1/p-1. The van der Waals surface area contributed by atoms with Gasteiger partial charge in [0.1, 0.15) is 0 Å². The van der Waals surface area contributed by atoms with Crippen molar-refractivity contribution in [3.05, 3.63) is 0 Å². The Balaban J connectivity index is 0. The minimum atomic E-state index is -0.876. The molecule has 0 spiro atoms. The monoisotopic (exact) mass is 742 g/mol. The third-order valence-corrected chi connectivity index (χ3v) is 11.7. The molecule has 0 aromatic rings. The van der Waals surface area contributed by atoms with Gasteiger partial charge in [0.2, 0.25) is 0 Å². The minimum Gasteiger partial charge on any atom is -0.548 e. The van der Waals surface area contributed by atoms with Crippen LogP contribution in [-0.2, 0) is 4.79 Å². The molecule has 0 aliphatic carbocycles. The normalized spacial score (nSPS) is 12.1. The molecule has 0 saturated carbocycles. The maximum atomic E-state index is 11.8. The van der Waals surface area contributed by atoms with Gasteiger partial charge in [-0.25, -0.2) is 0 Å². The number of carbonyl (C=O) groups excluding carboxylic acids is 1. The van der Waals surface area contributed by atoms with Crippen molar-refractivity contribution >= 4 is 5.97 Å². The van der Waals surface area contributed by atoms with Crippen molar-refractivity contribution < 1.29 is 39.5 Å². The van der Waals surface area contributed by atoms with Crippen LogP contribution in [0.15, 0.2) is 0 Å². The molecule has 0 N–H and O–H groups in total. The number of hydrogen-bond donors (Lipinski definition) is 0. The number of aliphatic carboxylic acids is 1. The largest absolute Gasteiger partial charge is 1.00 e. The molecule has 0 aromatic heterocycles. The van der Waals surface area contributed by atoms with Crippen molar-refractivity contribution in [3.63, 3.8) is 0 Å². The molecule has 0 aromatic carbocycles. The Kier molecular flexibility index (Phi) is 49.9. The van der Waals surface area contributed by atoms with Crippen LogP contribution in [0, 0.1) is 0 Å². The van der Waals surface area contributed by atoms with Gasteiger partial charge in [0.15, 0.2) is 0 Å². The van der Waals surface area contributed by atoms with E-state index in [2.05, 4.69) is 18.7 Å². The molecule has 0 bridgehead atoms. The van der Waals surface area contributed by atoms with Gasteiger partial charge in [-0.1, -0.05) is 265 Å². The molecular formula is C48H96NNaO2. The Labute approximate surface area is 351 Å². The number of hydrogen-bond acceptors (Lipinski definition) is 3. The number of carboxylic acid groups (broad SMARTS) is 1. The molecule has 0 radical (unpaired) electrons. The Morgan fingerprint density at radius 3 is 0.673 bits per heavy atom. The molecule has 0 rings (SSSR count). The molecular weight excluding hydrogens is 646 g/mol. The second-order valence-electron chi connectivity index (χ2n) is 16.7. The molecule has 3 nitrogen and oxygen atoms in total. The first-order valence-corrected chi connectivity index (χ1v) is 24.1. The summed E-state index contributed by atoms with van der Waals surface area (Å²) in [5, 5.41) is 11.8. The van der Waals surface area contributed by atoms with Crippen molar-refractivity contribution in [1.82, 2.24) is 4.90 Å². The maximum Gasteiger partial charge on any atom is 1.00 e. The second-order valence-corrected chi connectivity index (χ2v) is 16.7. The zero-order chi connectivity index (χ0) is 37.1. The van der Waals surface area contributed by atoms with Gasteiger partial charge in [-0.3, -0.25) is 4.90 Å². The molecule has 52 heavy (non-hydrogen) atoms. The second kappa shape index (κ2) is 47.6. The fourth-order valence-electron chi connectivity index (χ4n) is 8.14. The van der Waals surface area contributed by atoms with Gasteiger partial charge < -0.3 is 9.90 Å². The molecule has 0 aliphatic heterocycles. The summed E-state index contributed by atoms with van der Waals surface area (Å²) in [7, 11) is 0. The van der Waals surface area contributed by atoms with Crippen LogP contribution in [0.2, 0.25) is 0 Å². The van der Waals surface area contributed by atoms with Crippen LogP contribution >= 0.6 is 0 Å². The fourth-order valence-corrected chi connectivity index (χ4v) is 8.14. The summed E-state index contributed by atoms with van der Waals surface area (Å²) >= 11 is 0. The number of rotatable bonds is 45. The molecule has 1 atom stereocenters. The Hall–Kier alpha value is 0.430. The molecule has 306 valence electrons. The fraction of sp³-hybridized carbons (Fsp3) is 0.979. The summed E-state index contributed by atoms with van der Waals surface area (Å²) in [6.07, 6.45) is 56.4. The van der Waals surface area contributed by atoms with E-state index in [1.807, 2.05) is 6.92 Å². The molecule has 0 heterocycles. The Morgan fingerprint density at radius 1 is 0.346 bits per heavy atom. The van der Waals surface area contributed by atoms with E-state index in [1.165, 1.54) is 244 Å². The predicted molar refractivity (Wildman–Crippen MR) is 227 cm³/mol. The van der Waals surface area contributed by atoms with Crippen molar-refractivity contribution in [2.45, 2.75) is 290 Å². The SMILES string of the molecule is CCCCCCCCCCCCCCCCCCCCCCN(CCCCCCCCCCCCCCCCCCCCCC)C(CC)C(=O)[O-].[Na+]. The predicted octanol–water partition coefficient (Wildman–Crippen LogP) is 12.5. The third kappa shape index (κ3) is 41.6. The van der Waals surface area contributed by atoms with Gasteiger partial charge >= 0.3 is 29.6 Å². The molecule has 0 aliphatic rings. The van der Waals surface area contributed by atoms with Crippen LogP contribution in [0.25, 0.3) is 0 Å². The summed E-state index contributed by atoms with van der Waals surface area (Å²) in [4.78, 5) is 14.1.